The molecule has 1 N–H and O–H groups in total. The molecule has 1 amide bonds. The van der Waals surface area contributed by atoms with Gasteiger partial charge in [0.05, 0.1) is 12.7 Å². The van der Waals surface area contributed by atoms with Crippen molar-refractivity contribution < 1.29 is 4.79 Å². The average Bonchev–Trinajstić information content (AvgIpc) is 2.96. The van der Waals surface area contributed by atoms with Crippen molar-refractivity contribution in [3.05, 3.63) is 0 Å². The second kappa shape index (κ2) is 5.38. The molecule has 1 aliphatic heterocycles. The van der Waals surface area contributed by atoms with Crippen molar-refractivity contribution in [2.75, 3.05) is 6.67 Å². The minimum atomic E-state index is 0.0591. The summed E-state index contributed by atoms with van der Waals surface area (Å²) in [4.78, 5) is 14.4. The van der Waals surface area contributed by atoms with Crippen molar-refractivity contribution in [1.29, 1.82) is 0 Å². The van der Waals surface area contributed by atoms with Gasteiger partial charge >= 0.3 is 0 Å². The van der Waals surface area contributed by atoms with E-state index in [1.165, 1.54) is 25.7 Å². The van der Waals surface area contributed by atoms with Crippen LogP contribution < -0.4 is 5.32 Å². The molecule has 1 saturated heterocycles. The Morgan fingerprint density at radius 3 is 2.59 bits per heavy atom. The average molecular weight is 238 g/mol. The summed E-state index contributed by atoms with van der Waals surface area (Å²) >= 11 is 0. The number of amides is 1. The zero-order valence-electron chi connectivity index (χ0n) is 11.4. The van der Waals surface area contributed by atoms with Gasteiger partial charge < -0.3 is 4.90 Å². The van der Waals surface area contributed by atoms with Gasteiger partial charge in [-0.3, -0.25) is 10.1 Å². The molecular formula is C14H26N2O. The summed E-state index contributed by atoms with van der Waals surface area (Å²) in [5.41, 5.74) is 0. The molecular weight excluding hydrogens is 212 g/mol. The number of carbonyl (C=O) groups is 1. The van der Waals surface area contributed by atoms with Crippen LogP contribution in [0, 0.1) is 11.8 Å². The highest BCUT2D eigenvalue weighted by Crippen LogP contribution is 2.31. The third-order valence-corrected chi connectivity index (χ3v) is 4.82. The van der Waals surface area contributed by atoms with E-state index in [-0.39, 0.29) is 6.04 Å². The molecule has 0 bridgehead atoms. The van der Waals surface area contributed by atoms with Crippen LogP contribution in [0.4, 0.5) is 0 Å². The Bertz CT molecular complexity index is 273. The first-order valence-electron chi connectivity index (χ1n) is 7.19. The molecule has 3 atom stereocenters. The first-order chi connectivity index (χ1) is 8.15. The Hall–Kier alpha value is -0.570. The van der Waals surface area contributed by atoms with Crippen LogP contribution in [0.5, 0.6) is 0 Å². The van der Waals surface area contributed by atoms with Crippen LogP contribution in [0.2, 0.25) is 0 Å². The van der Waals surface area contributed by atoms with E-state index in [1.54, 1.807) is 0 Å². The van der Waals surface area contributed by atoms with Crippen molar-refractivity contribution in [3.8, 4) is 0 Å². The maximum Gasteiger partial charge on any atom is 0.241 e. The fourth-order valence-electron chi connectivity index (χ4n) is 3.26. The molecule has 0 spiro atoms. The Morgan fingerprint density at radius 1 is 1.35 bits per heavy atom. The molecule has 1 aliphatic carbocycles. The minimum Gasteiger partial charge on any atom is -0.326 e. The van der Waals surface area contributed by atoms with Gasteiger partial charge in [0.15, 0.2) is 0 Å². The highest BCUT2D eigenvalue weighted by atomic mass is 16.2. The molecule has 3 heteroatoms. The molecule has 2 fully saturated rings. The predicted octanol–water partition coefficient (Wildman–Crippen LogP) is 2.37. The molecule has 17 heavy (non-hydrogen) atoms. The van der Waals surface area contributed by atoms with E-state index >= 15 is 0 Å². The molecule has 2 aliphatic rings. The van der Waals surface area contributed by atoms with Crippen LogP contribution in [0.15, 0.2) is 0 Å². The maximum atomic E-state index is 12.4. The molecule has 0 radical (unpaired) electrons. The van der Waals surface area contributed by atoms with Crippen molar-refractivity contribution in [1.82, 2.24) is 10.2 Å². The lowest BCUT2D eigenvalue weighted by Gasteiger charge is -2.29. The van der Waals surface area contributed by atoms with Gasteiger partial charge in [-0.2, -0.15) is 0 Å². The van der Waals surface area contributed by atoms with Gasteiger partial charge in [-0.25, -0.2) is 0 Å². The SMILES string of the molecule is CCC(C)C1NCN(C(C)C2CCCC2)C1=O. The predicted molar refractivity (Wildman–Crippen MR) is 69.5 cm³/mol. The van der Waals surface area contributed by atoms with Gasteiger partial charge in [0, 0.05) is 6.04 Å². The van der Waals surface area contributed by atoms with Crippen LogP contribution in [-0.2, 0) is 4.79 Å². The topological polar surface area (TPSA) is 32.3 Å². The number of hydrogen-bond acceptors (Lipinski definition) is 2. The molecule has 0 aromatic carbocycles. The summed E-state index contributed by atoms with van der Waals surface area (Å²) in [7, 11) is 0. The number of nitrogens with zero attached hydrogens (tertiary/aromatic N) is 1. The molecule has 1 heterocycles. The Kier molecular flexibility index (Phi) is 4.08. The smallest absolute Gasteiger partial charge is 0.241 e. The van der Waals surface area contributed by atoms with Crippen molar-refractivity contribution in [2.24, 2.45) is 11.8 Å². The van der Waals surface area contributed by atoms with E-state index in [1.807, 2.05) is 0 Å². The highest BCUT2D eigenvalue weighted by Gasteiger charge is 2.38. The van der Waals surface area contributed by atoms with Gasteiger partial charge in [-0.1, -0.05) is 33.1 Å². The fourth-order valence-corrected chi connectivity index (χ4v) is 3.26. The molecule has 3 nitrogen and oxygen atoms in total. The lowest BCUT2D eigenvalue weighted by Crippen LogP contribution is -2.41. The van der Waals surface area contributed by atoms with Crippen LogP contribution in [0.25, 0.3) is 0 Å². The standard InChI is InChI=1S/C14H26N2O/c1-4-10(2)13-14(17)16(9-15-13)11(3)12-7-5-6-8-12/h10-13,15H,4-9H2,1-3H3. The van der Waals surface area contributed by atoms with E-state index in [0.29, 0.717) is 17.9 Å². The van der Waals surface area contributed by atoms with Crippen molar-refractivity contribution >= 4 is 5.91 Å². The molecule has 3 unspecified atom stereocenters. The van der Waals surface area contributed by atoms with Gasteiger partial charge in [-0.15, -0.1) is 0 Å². The zero-order valence-corrected chi connectivity index (χ0v) is 11.4. The largest absolute Gasteiger partial charge is 0.326 e. The molecule has 0 aromatic rings. The maximum absolute atomic E-state index is 12.4. The van der Waals surface area contributed by atoms with Crippen LogP contribution in [0.1, 0.15) is 52.9 Å². The lowest BCUT2D eigenvalue weighted by atomic mass is 9.96. The summed E-state index contributed by atoms with van der Waals surface area (Å²) in [5, 5.41) is 3.39. The fraction of sp³-hybridized carbons (Fsp3) is 0.929. The van der Waals surface area contributed by atoms with Crippen molar-refractivity contribution in [2.45, 2.75) is 65.0 Å². The van der Waals surface area contributed by atoms with E-state index in [4.69, 9.17) is 0 Å². The number of carbonyl (C=O) groups excluding carboxylic acids is 1. The van der Waals surface area contributed by atoms with Gasteiger partial charge in [0.25, 0.3) is 0 Å². The summed E-state index contributed by atoms with van der Waals surface area (Å²) in [6, 6.07) is 0.482. The van der Waals surface area contributed by atoms with E-state index in [2.05, 4.69) is 31.0 Å². The second-order valence-corrected chi connectivity index (χ2v) is 5.82. The zero-order chi connectivity index (χ0) is 12.4. The number of nitrogens with one attached hydrogen (secondary N) is 1. The summed E-state index contributed by atoms with van der Waals surface area (Å²) in [6.45, 7) is 7.31. The Morgan fingerprint density at radius 2 is 2.00 bits per heavy atom. The van der Waals surface area contributed by atoms with E-state index in [0.717, 1.165) is 19.0 Å². The van der Waals surface area contributed by atoms with E-state index < -0.39 is 0 Å². The van der Waals surface area contributed by atoms with E-state index in [9.17, 15) is 4.79 Å². The first-order valence-corrected chi connectivity index (χ1v) is 7.19. The second-order valence-electron chi connectivity index (χ2n) is 5.82. The molecule has 0 aromatic heterocycles. The van der Waals surface area contributed by atoms with Gasteiger partial charge in [0.2, 0.25) is 5.91 Å². The summed E-state index contributed by atoms with van der Waals surface area (Å²) in [5.74, 6) is 1.51. The highest BCUT2D eigenvalue weighted by molar-refractivity contribution is 5.84. The molecule has 98 valence electrons. The summed E-state index contributed by atoms with van der Waals surface area (Å²) < 4.78 is 0. The normalized spacial score (nSPS) is 29.9. The third-order valence-electron chi connectivity index (χ3n) is 4.82. The van der Waals surface area contributed by atoms with Crippen LogP contribution >= 0.6 is 0 Å². The first kappa shape index (κ1) is 12.9. The minimum absolute atomic E-state index is 0.0591. The van der Waals surface area contributed by atoms with Crippen LogP contribution in [0.3, 0.4) is 0 Å². The molecule has 1 saturated carbocycles. The Balaban J connectivity index is 1.96. The van der Waals surface area contributed by atoms with Crippen molar-refractivity contribution in [3.63, 3.8) is 0 Å². The van der Waals surface area contributed by atoms with Crippen LogP contribution in [-0.4, -0.2) is 29.6 Å². The number of hydrogen-bond donors (Lipinski definition) is 1. The monoisotopic (exact) mass is 238 g/mol. The third kappa shape index (κ3) is 2.49. The Labute approximate surface area is 105 Å². The van der Waals surface area contributed by atoms with Gasteiger partial charge in [-0.05, 0) is 31.6 Å². The molecule has 2 rings (SSSR count). The quantitative estimate of drug-likeness (QED) is 0.815. The lowest BCUT2D eigenvalue weighted by molar-refractivity contribution is -0.132. The summed E-state index contributed by atoms with van der Waals surface area (Å²) in [6.07, 6.45) is 6.37. The number of rotatable bonds is 4. The van der Waals surface area contributed by atoms with Gasteiger partial charge in [0.1, 0.15) is 0 Å².